The van der Waals surface area contributed by atoms with Crippen LogP contribution < -0.4 is 10.6 Å². The van der Waals surface area contributed by atoms with Crippen LogP contribution in [0.15, 0.2) is 60.9 Å². The lowest BCUT2D eigenvalue weighted by molar-refractivity contribution is -0.140. The van der Waals surface area contributed by atoms with Crippen LogP contribution in [0.25, 0.3) is 11.1 Å². The van der Waals surface area contributed by atoms with Gasteiger partial charge in [0.2, 0.25) is 5.91 Å². The maximum atomic E-state index is 12.7. The monoisotopic (exact) mass is 462 g/mol. The topological polar surface area (TPSA) is 123 Å². The van der Waals surface area contributed by atoms with E-state index in [1.807, 2.05) is 48.5 Å². The van der Waals surface area contributed by atoms with Crippen LogP contribution in [0.3, 0.4) is 0 Å². The molecule has 2 aromatic carbocycles. The Balaban J connectivity index is 1.40. The zero-order valence-corrected chi connectivity index (χ0v) is 18.9. The molecule has 1 aromatic heterocycles. The quantitative estimate of drug-likeness (QED) is 0.473. The summed E-state index contributed by atoms with van der Waals surface area (Å²) in [5.74, 6) is -1.98. The molecule has 9 nitrogen and oxygen atoms in total. The first-order chi connectivity index (χ1) is 16.3. The molecule has 0 bridgehead atoms. The zero-order chi connectivity index (χ0) is 24.2. The van der Waals surface area contributed by atoms with Gasteiger partial charge in [-0.3, -0.25) is 14.3 Å². The molecule has 1 aliphatic rings. The molecule has 176 valence electrons. The number of amides is 2. The molecule has 3 N–H and O–H groups in total. The van der Waals surface area contributed by atoms with Gasteiger partial charge in [0.05, 0.1) is 18.7 Å². The number of aromatic nitrogens is 2. The average Bonchev–Trinajstić information content (AvgIpc) is 3.38. The van der Waals surface area contributed by atoms with Crippen LogP contribution in [-0.4, -0.2) is 45.5 Å². The second-order valence-corrected chi connectivity index (χ2v) is 8.30. The summed E-state index contributed by atoms with van der Waals surface area (Å²) in [4.78, 5) is 36.6. The zero-order valence-electron chi connectivity index (χ0n) is 18.9. The van der Waals surface area contributed by atoms with E-state index >= 15 is 0 Å². The first-order valence-electron chi connectivity index (χ1n) is 11.0. The fourth-order valence-corrected chi connectivity index (χ4v) is 4.23. The summed E-state index contributed by atoms with van der Waals surface area (Å²) in [6.45, 7) is 1.81. The Kier molecular flexibility index (Phi) is 6.62. The molecule has 2 atom stereocenters. The Hall–Kier alpha value is -4.14. The molecule has 0 saturated carbocycles. The molecule has 2 amide bonds. The number of nitrogens with zero attached hydrogens (tertiary/aromatic N) is 2. The summed E-state index contributed by atoms with van der Waals surface area (Å²) in [6, 6.07) is 14.2. The van der Waals surface area contributed by atoms with E-state index in [2.05, 4.69) is 15.7 Å². The van der Waals surface area contributed by atoms with Crippen molar-refractivity contribution >= 4 is 18.0 Å². The van der Waals surface area contributed by atoms with Gasteiger partial charge in [0, 0.05) is 24.7 Å². The van der Waals surface area contributed by atoms with Gasteiger partial charge in [0.15, 0.2) is 0 Å². The first kappa shape index (κ1) is 23.0. The number of carboxylic acid groups (broad SMARTS) is 1. The molecule has 9 heteroatoms. The minimum atomic E-state index is -1.28. The third-order valence-electron chi connectivity index (χ3n) is 5.91. The van der Waals surface area contributed by atoms with Gasteiger partial charge in [0.1, 0.15) is 12.6 Å². The van der Waals surface area contributed by atoms with Gasteiger partial charge < -0.3 is 20.5 Å². The van der Waals surface area contributed by atoms with Crippen molar-refractivity contribution in [3.05, 3.63) is 77.6 Å². The second-order valence-electron chi connectivity index (χ2n) is 8.30. The maximum Gasteiger partial charge on any atom is 0.407 e. The van der Waals surface area contributed by atoms with Crippen LogP contribution >= 0.6 is 0 Å². The molecular weight excluding hydrogens is 436 g/mol. The number of nitrogens with one attached hydrogen (secondary N) is 2. The van der Waals surface area contributed by atoms with Gasteiger partial charge >= 0.3 is 12.1 Å². The predicted octanol–water partition coefficient (Wildman–Crippen LogP) is 2.98. The minimum Gasteiger partial charge on any atom is -0.481 e. The van der Waals surface area contributed by atoms with E-state index in [-0.39, 0.29) is 12.5 Å². The summed E-state index contributed by atoms with van der Waals surface area (Å²) in [5, 5.41) is 18.4. The van der Waals surface area contributed by atoms with Crippen LogP contribution in [0, 0.1) is 0 Å². The summed E-state index contributed by atoms with van der Waals surface area (Å²) < 4.78 is 7.06. The normalized spacial score (nSPS) is 13.9. The number of ether oxygens (including phenoxy) is 1. The van der Waals surface area contributed by atoms with Crippen LogP contribution in [0.2, 0.25) is 0 Å². The first-order valence-corrected chi connectivity index (χ1v) is 11.0. The second kappa shape index (κ2) is 9.78. The molecule has 2 unspecified atom stereocenters. The molecule has 34 heavy (non-hydrogen) atoms. The Labute approximate surface area is 196 Å². The van der Waals surface area contributed by atoms with Crippen molar-refractivity contribution in [2.75, 3.05) is 6.61 Å². The molecular formula is C25H26N4O5. The summed E-state index contributed by atoms with van der Waals surface area (Å²) >= 11 is 0. The van der Waals surface area contributed by atoms with Crippen LogP contribution in [0.1, 0.15) is 42.0 Å². The number of hydrogen-bond acceptors (Lipinski definition) is 5. The minimum absolute atomic E-state index is 0.0629. The smallest absolute Gasteiger partial charge is 0.407 e. The third kappa shape index (κ3) is 4.93. The summed E-state index contributed by atoms with van der Waals surface area (Å²) in [7, 11) is 1.75. The fourth-order valence-electron chi connectivity index (χ4n) is 4.23. The van der Waals surface area contributed by atoms with Gasteiger partial charge in [-0.15, -0.1) is 0 Å². The van der Waals surface area contributed by atoms with Gasteiger partial charge in [0.25, 0.3) is 0 Å². The SMILES string of the molecule is CC(NC(=O)C(CC(=O)O)NC(=O)OCC1c2ccccc2-c2ccccc21)c1cnn(C)c1. The summed E-state index contributed by atoms with van der Waals surface area (Å²) in [6.07, 6.45) is 1.93. The average molecular weight is 463 g/mol. The highest BCUT2D eigenvalue weighted by atomic mass is 16.5. The molecule has 0 fully saturated rings. The lowest BCUT2D eigenvalue weighted by Gasteiger charge is -2.20. The fraction of sp³-hybridized carbons (Fsp3) is 0.280. The van der Waals surface area contributed by atoms with E-state index in [4.69, 9.17) is 4.74 Å². The van der Waals surface area contributed by atoms with E-state index in [1.165, 1.54) is 0 Å². The summed E-state index contributed by atoms with van der Waals surface area (Å²) in [5.41, 5.74) is 5.06. The van der Waals surface area contributed by atoms with Crippen molar-refractivity contribution in [3.63, 3.8) is 0 Å². The highest BCUT2D eigenvalue weighted by Gasteiger charge is 2.30. The van der Waals surface area contributed by atoms with Crippen molar-refractivity contribution in [1.29, 1.82) is 0 Å². The number of fused-ring (bicyclic) bond motifs is 3. The molecule has 3 aromatic rings. The van der Waals surface area contributed by atoms with Gasteiger partial charge in [-0.2, -0.15) is 5.10 Å². The highest BCUT2D eigenvalue weighted by Crippen LogP contribution is 2.44. The number of hydrogen-bond donors (Lipinski definition) is 3. The Morgan fingerprint density at radius 2 is 1.68 bits per heavy atom. The van der Waals surface area contributed by atoms with Crippen molar-refractivity contribution in [1.82, 2.24) is 20.4 Å². The van der Waals surface area contributed by atoms with Gasteiger partial charge in [-0.1, -0.05) is 48.5 Å². The largest absolute Gasteiger partial charge is 0.481 e. The van der Waals surface area contributed by atoms with Crippen LogP contribution in [0.5, 0.6) is 0 Å². The predicted molar refractivity (Wildman–Crippen MR) is 124 cm³/mol. The molecule has 0 aliphatic heterocycles. The lowest BCUT2D eigenvalue weighted by Crippen LogP contribution is -2.48. The molecule has 1 aliphatic carbocycles. The number of carbonyl (C=O) groups is 3. The Morgan fingerprint density at radius 1 is 1.06 bits per heavy atom. The third-order valence-corrected chi connectivity index (χ3v) is 5.91. The van der Waals surface area contributed by atoms with Crippen LogP contribution in [-0.2, 0) is 21.4 Å². The van der Waals surface area contributed by atoms with E-state index in [9.17, 15) is 19.5 Å². The number of carbonyl (C=O) groups excluding carboxylic acids is 2. The Bertz CT molecular complexity index is 1180. The number of rotatable bonds is 8. The van der Waals surface area contributed by atoms with Crippen molar-refractivity contribution in [2.24, 2.45) is 7.05 Å². The number of alkyl carbamates (subject to hydrolysis) is 1. The van der Waals surface area contributed by atoms with E-state index < -0.39 is 36.5 Å². The van der Waals surface area contributed by atoms with Crippen molar-refractivity contribution in [2.45, 2.75) is 31.3 Å². The molecule has 0 saturated heterocycles. The number of benzene rings is 2. The van der Waals surface area contributed by atoms with Crippen molar-refractivity contribution in [3.8, 4) is 11.1 Å². The highest BCUT2D eigenvalue weighted by molar-refractivity contribution is 5.89. The maximum absolute atomic E-state index is 12.7. The van der Waals surface area contributed by atoms with Gasteiger partial charge in [-0.25, -0.2) is 4.79 Å². The molecule has 0 radical (unpaired) electrons. The number of carboxylic acids is 1. The van der Waals surface area contributed by atoms with E-state index in [0.717, 1.165) is 27.8 Å². The standard InChI is InChI=1S/C25H26N4O5/c1-15(16-12-26-29(2)13-16)27-24(32)22(11-23(30)31)28-25(33)34-14-21-19-9-5-3-7-17(19)18-8-4-6-10-20(18)21/h3-10,12-13,15,21-22H,11,14H2,1-2H3,(H,27,32)(H,28,33)(H,30,31). The van der Waals surface area contributed by atoms with Crippen molar-refractivity contribution < 1.29 is 24.2 Å². The molecule has 0 spiro atoms. The number of aliphatic carboxylic acids is 1. The lowest BCUT2D eigenvalue weighted by atomic mass is 9.98. The van der Waals surface area contributed by atoms with E-state index in [0.29, 0.717) is 0 Å². The number of aryl methyl sites for hydroxylation is 1. The Morgan fingerprint density at radius 3 is 2.24 bits per heavy atom. The molecule has 1 heterocycles. The van der Waals surface area contributed by atoms with E-state index in [1.54, 1.807) is 31.0 Å². The molecule has 4 rings (SSSR count). The van der Waals surface area contributed by atoms with Gasteiger partial charge in [-0.05, 0) is 29.2 Å². The van der Waals surface area contributed by atoms with Crippen LogP contribution in [0.4, 0.5) is 4.79 Å².